The molecule has 2 aromatic heterocycles. The van der Waals surface area contributed by atoms with E-state index >= 15 is 0 Å². The summed E-state index contributed by atoms with van der Waals surface area (Å²) in [5.74, 6) is 0.483. The van der Waals surface area contributed by atoms with Crippen molar-refractivity contribution >= 4 is 11.3 Å². The number of pyridine rings is 1. The van der Waals surface area contributed by atoms with Crippen molar-refractivity contribution in [1.82, 2.24) is 9.97 Å². The summed E-state index contributed by atoms with van der Waals surface area (Å²) in [7, 11) is 0. The molecule has 0 amide bonds. The van der Waals surface area contributed by atoms with Crippen molar-refractivity contribution in [2.45, 2.75) is 32.2 Å². The lowest BCUT2D eigenvalue weighted by Crippen LogP contribution is -2.13. The first-order valence-corrected chi connectivity index (χ1v) is 6.64. The Hall–Kier alpha value is -1.26. The smallest absolute Gasteiger partial charge is 0.0947 e. The molecule has 2 aromatic rings. The number of thiazole rings is 1. The topological polar surface area (TPSA) is 51.8 Å². The number of hydrogen-bond acceptors (Lipinski definition) is 4. The summed E-state index contributed by atoms with van der Waals surface area (Å²) < 4.78 is 0. The maximum absolute atomic E-state index is 6.15. The standard InChI is InChI=1S/C13H17N3S/c1-9(2)12-8-17-13(16-12)7-11(14)10-3-5-15-6-4-10/h3-6,8-9,11H,7,14H2,1-2H3. The fourth-order valence-electron chi connectivity index (χ4n) is 1.60. The molecule has 0 radical (unpaired) electrons. The first-order valence-electron chi connectivity index (χ1n) is 5.76. The van der Waals surface area contributed by atoms with Gasteiger partial charge < -0.3 is 5.73 Å². The number of nitrogens with two attached hydrogens (primary N) is 1. The van der Waals surface area contributed by atoms with Gasteiger partial charge in [0.05, 0.1) is 10.7 Å². The van der Waals surface area contributed by atoms with Gasteiger partial charge in [-0.25, -0.2) is 4.98 Å². The predicted octanol–water partition coefficient (Wildman–Crippen LogP) is 2.90. The van der Waals surface area contributed by atoms with Crippen molar-refractivity contribution in [3.63, 3.8) is 0 Å². The van der Waals surface area contributed by atoms with E-state index in [4.69, 9.17) is 5.73 Å². The summed E-state index contributed by atoms with van der Waals surface area (Å²) in [4.78, 5) is 8.59. The van der Waals surface area contributed by atoms with Gasteiger partial charge >= 0.3 is 0 Å². The zero-order chi connectivity index (χ0) is 12.3. The molecular weight excluding hydrogens is 230 g/mol. The van der Waals surface area contributed by atoms with Crippen molar-refractivity contribution in [1.29, 1.82) is 0 Å². The Bertz CT molecular complexity index is 465. The van der Waals surface area contributed by atoms with Gasteiger partial charge in [0.2, 0.25) is 0 Å². The van der Waals surface area contributed by atoms with Crippen molar-refractivity contribution in [3.8, 4) is 0 Å². The van der Waals surface area contributed by atoms with Crippen LogP contribution in [0.15, 0.2) is 29.9 Å². The molecule has 2 rings (SSSR count). The molecule has 0 saturated carbocycles. The average molecular weight is 247 g/mol. The number of rotatable bonds is 4. The minimum absolute atomic E-state index is 0.00385. The summed E-state index contributed by atoms with van der Waals surface area (Å²) in [5.41, 5.74) is 8.42. The van der Waals surface area contributed by atoms with Crippen LogP contribution in [0.5, 0.6) is 0 Å². The predicted molar refractivity (Wildman–Crippen MR) is 71.1 cm³/mol. The van der Waals surface area contributed by atoms with Crippen molar-refractivity contribution in [2.75, 3.05) is 0 Å². The highest BCUT2D eigenvalue weighted by atomic mass is 32.1. The van der Waals surface area contributed by atoms with Gasteiger partial charge in [0.1, 0.15) is 0 Å². The Morgan fingerprint density at radius 2 is 2.00 bits per heavy atom. The molecule has 0 aliphatic heterocycles. The van der Waals surface area contributed by atoms with Gasteiger partial charge in [-0.1, -0.05) is 13.8 Å². The second-order valence-electron chi connectivity index (χ2n) is 4.41. The number of hydrogen-bond donors (Lipinski definition) is 1. The van der Waals surface area contributed by atoms with Gasteiger partial charge in [-0.05, 0) is 23.6 Å². The quantitative estimate of drug-likeness (QED) is 0.903. The molecular formula is C13H17N3S. The third kappa shape index (κ3) is 3.11. The fourth-order valence-corrected chi connectivity index (χ4v) is 2.62. The number of aromatic nitrogens is 2. The Labute approximate surface area is 106 Å². The van der Waals surface area contributed by atoms with E-state index in [1.165, 1.54) is 0 Å². The highest BCUT2D eigenvalue weighted by Crippen LogP contribution is 2.21. The van der Waals surface area contributed by atoms with Gasteiger partial charge in [-0.3, -0.25) is 4.98 Å². The molecule has 0 fully saturated rings. The highest BCUT2D eigenvalue weighted by molar-refractivity contribution is 7.09. The second kappa shape index (κ2) is 5.38. The zero-order valence-electron chi connectivity index (χ0n) is 10.1. The molecule has 1 unspecified atom stereocenters. The van der Waals surface area contributed by atoms with Crippen molar-refractivity contribution in [3.05, 3.63) is 46.2 Å². The van der Waals surface area contributed by atoms with E-state index in [0.29, 0.717) is 5.92 Å². The van der Waals surface area contributed by atoms with Gasteiger partial charge in [-0.2, -0.15) is 0 Å². The lowest BCUT2D eigenvalue weighted by atomic mass is 10.1. The first kappa shape index (κ1) is 12.2. The Balaban J connectivity index is 2.05. The molecule has 0 spiro atoms. The fraction of sp³-hybridized carbons (Fsp3) is 0.385. The molecule has 0 aliphatic rings. The first-order chi connectivity index (χ1) is 8.16. The van der Waals surface area contributed by atoms with Crippen molar-refractivity contribution in [2.24, 2.45) is 5.73 Å². The lowest BCUT2D eigenvalue weighted by molar-refractivity contribution is 0.709. The molecule has 0 bridgehead atoms. The molecule has 1 atom stereocenters. The summed E-state index contributed by atoms with van der Waals surface area (Å²) in [6, 6.07) is 3.92. The number of nitrogens with zero attached hydrogens (tertiary/aromatic N) is 2. The van der Waals surface area contributed by atoms with Gasteiger partial charge in [0, 0.05) is 30.2 Å². The molecule has 3 nitrogen and oxygen atoms in total. The molecule has 2 N–H and O–H groups in total. The minimum Gasteiger partial charge on any atom is -0.324 e. The van der Waals surface area contributed by atoms with Crippen LogP contribution in [0.4, 0.5) is 0 Å². The molecule has 0 aliphatic carbocycles. The average Bonchev–Trinajstić information content (AvgIpc) is 2.79. The maximum Gasteiger partial charge on any atom is 0.0947 e. The largest absolute Gasteiger partial charge is 0.324 e. The third-order valence-corrected chi connectivity index (χ3v) is 3.58. The highest BCUT2D eigenvalue weighted by Gasteiger charge is 2.11. The SMILES string of the molecule is CC(C)c1csc(CC(N)c2ccncc2)n1. The van der Waals surface area contributed by atoms with E-state index in [1.54, 1.807) is 23.7 Å². The van der Waals surface area contributed by atoms with Crippen molar-refractivity contribution < 1.29 is 0 Å². The normalized spacial score (nSPS) is 12.9. The van der Waals surface area contributed by atoms with Crippen LogP contribution in [-0.4, -0.2) is 9.97 Å². The van der Waals surface area contributed by atoms with Gasteiger partial charge in [-0.15, -0.1) is 11.3 Å². The summed E-state index contributed by atoms with van der Waals surface area (Å²) in [6.07, 6.45) is 4.34. The summed E-state index contributed by atoms with van der Waals surface area (Å²) in [5, 5.41) is 3.23. The van der Waals surface area contributed by atoms with E-state index in [2.05, 4.69) is 29.2 Å². The molecule has 2 heterocycles. The van der Waals surface area contributed by atoms with E-state index in [1.807, 2.05) is 12.1 Å². The molecule has 90 valence electrons. The van der Waals surface area contributed by atoms with Crippen LogP contribution in [0.2, 0.25) is 0 Å². The maximum atomic E-state index is 6.15. The summed E-state index contributed by atoms with van der Waals surface area (Å²) in [6.45, 7) is 4.31. The van der Waals surface area contributed by atoms with E-state index in [9.17, 15) is 0 Å². The van der Waals surface area contributed by atoms with E-state index < -0.39 is 0 Å². The zero-order valence-corrected chi connectivity index (χ0v) is 10.9. The van der Waals surface area contributed by atoms with Crippen LogP contribution in [0.1, 0.15) is 42.1 Å². The molecule has 0 saturated heterocycles. The minimum atomic E-state index is 0.00385. The van der Waals surface area contributed by atoms with Gasteiger partial charge in [0.25, 0.3) is 0 Å². The van der Waals surface area contributed by atoms with E-state index in [0.717, 1.165) is 22.7 Å². The monoisotopic (exact) mass is 247 g/mol. The summed E-state index contributed by atoms with van der Waals surface area (Å²) >= 11 is 1.69. The lowest BCUT2D eigenvalue weighted by Gasteiger charge is -2.09. The van der Waals surface area contributed by atoms with Crippen LogP contribution >= 0.6 is 11.3 Å². The van der Waals surface area contributed by atoms with Crippen LogP contribution < -0.4 is 5.73 Å². The molecule has 4 heteroatoms. The Kier molecular flexibility index (Phi) is 3.86. The Morgan fingerprint density at radius 1 is 1.29 bits per heavy atom. The van der Waals surface area contributed by atoms with Gasteiger partial charge in [0.15, 0.2) is 0 Å². The van der Waals surface area contributed by atoms with Crippen LogP contribution in [-0.2, 0) is 6.42 Å². The van der Waals surface area contributed by atoms with Crippen LogP contribution in [0.3, 0.4) is 0 Å². The van der Waals surface area contributed by atoms with Crippen LogP contribution in [0, 0.1) is 0 Å². The Morgan fingerprint density at radius 3 is 2.59 bits per heavy atom. The van der Waals surface area contributed by atoms with Crippen LogP contribution in [0.25, 0.3) is 0 Å². The third-order valence-electron chi connectivity index (χ3n) is 2.69. The second-order valence-corrected chi connectivity index (χ2v) is 5.35. The molecule has 0 aromatic carbocycles. The van der Waals surface area contributed by atoms with E-state index in [-0.39, 0.29) is 6.04 Å². The molecule has 17 heavy (non-hydrogen) atoms.